The van der Waals surface area contributed by atoms with Gasteiger partial charge in [-0.15, -0.1) is 0 Å². The zero-order valence-electron chi connectivity index (χ0n) is 13.0. The van der Waals surface area contributed by atoms with Crippen LogP contribution in [0.25, 0.3) is 0 Å². The van der Waals surface area contributed by atoms with Crippen LogP contribution in [0, 0.1) is 0 Å². The van der Waals surface area contributed by atoms with E-state index in [0.717, 1.165) is 22.8 Å². The van der Waals surface area contributed by atoms with Crippen LogP contribution in [0.3, 0.4) is 0 Å². The number of pyridine rings is 1. The zero-order chi connectivity index (χ0) is 15.2. The Morgan fingerprint density at radius 3 is 2.43 bits per heavy atom. The van der Waals surface area contributed by atoms with Crippen LogP contribution in [0.5, 0.6) is 11.5 Å². The number of likely N-dealkylation sites (N-methyl/N-ethyl adjacent to an activating group) is 1. The number of nitrogens with zero attached hydrogens (tertiary/aromatic N) is 1. The third-order valence-corrected chi connectivity index (χ3v) is 3.73. The van der Waals surface area contributed by atoms with Gasteiger partial charge >= 0.3 is 0 Å². The van der Waals surface area contributed by atoms with Gasteiger partial charge in [0.2, 0.25) is 0 Å². The third-order valence-electron chi connectivity index (χ3n) is 3.73. The fraction of sp³-hybridized carbons (Fsp3) is 0.353. The van der Waals surface area contributed by atoms with E-state index in [4.69, 9.17) is 9.47 Å². The molecule has 0 bridgehead atoms. The first-order chi connectivity index (χ1) is 10.2. The summed E-state index contributed by atoms with van der Waals surface area (Å²) in [7, 11) is 5.26. The largest absolute Gasteiger partial charge is 0.493 e. The van der Waals surface area contributed by atoms with Crippen molar-refractivity contribution in [1.82, 2.24) is 10.3 Å². The van der Waals surface area contributed by atoms with Crippen molar-refractivity contribution in [3.63, 3.8) is 0 Å². The summed E-state index contributed by atoms with van der Waals surface area (Å²) in [6.07, 6.45) is 1.82. The van der Waals surface area contributed by atoms with E-state index >= 15 is 0 Å². The fourth-order valence-corrected chi connectivity index (χ4v) is 2.65. The van der Waals surface area contributed by atoms with E-state index in [1.165, 1.54) is 0 Å². The maximum absolute atomic E-state index is 5.55. The SMILES string of the molecule is CNC(c1cccc(OC)c1OC)C(C)c1ccccn1. The summed E-state index contributed by atoms with van der Waals surface area (Å²) in [5.74, 6) is 1.71. The molecule has 2 atom stereocenters. The van der Waals surface area contributed by atoms with Gasteiger partial charge in [-0.2, -0.15) is 0 Å². The monoisotopic (exact) mass is 286 g/mol. The highest BCUT2D eigenvalue weighted by atomic mass is 16.5. The molecule has 112 valence electrons. The zero-order valence-corrected chi connectivity index (χ0v) is 13.0. The number of para-hydroxylation sites is 1. The topological polar surface area (TPSA) is 43.4 Å². The first kappa shape index (κ1) is 15.3. The summed E-state index contributed by atoms with van der Waals surface area (Å²) < 4.78 is 10.9. The Bertz CT molecular complexity index is 572. The molecule has 4 heteroatoms. The molecule has 2 unspecified atom stereocenters. The van der Waals surface area contributed by atoms with E-state index in [1.807, 2.05) is 43.6 Å². The average Bonchev–Trinajstić information content (AvgIpc) is 2.55. The van der Waals surface area contributed by atoms with E-state index < -0.39 is 0 Å². The molecule has 0 saturated heterocycles. The van der Waals surface area contributed by atoms with Crippen molar-refractivity contribution >= 4 is 0 Å². The number of hydrogen-bond donors (Lipinski definition) is 1. The van der Waals surface area contributed by atoms with Gasteiger partial charge in [-0.3, -0.25) is 4.98 Å². The van der Waals surface area contributed by atoms with Crippen molar-refractivity contribution in [2.45, 2.75) is 18.9 Å². The Morgan fingerprint density at radius 1 is 1.05 bits per heavy atom. The summed E-state index contributed by atoms with van der Waals surface area (Å²) in [5.41, 5.74) is 2.11. The molecule has 0 fully saturated rings. The predicted octanol–water partition coefficient (Wildman–Crippen LogP) is 3.16. The number of nitrogens with one attached hydrogen (secondary N) is 1. The lowest BCUT2D eigenvalue weighted by Crippen LogP contribution is -2.23. The number of rotatable bonds is 6. The van der Waals surface area contributed by atoms with Gasteiger partial charge in [-0.25, -0.2) is 0 Å². The van der Waals surface area contributed by atoms with E-state index in [0.29, 0.717) is 0 Å². The number of methoxy groups -OCH3 is 2. The smallest absolute Gasteiger partial charge is 0.165 e. The van der Waals surface area contributed by atoms with E-state index in [-0.39, 0.29) is 12.0 Å². The molecular weight excluding hydrogens is 264 g/mol. The van der Waals surface area contributed by atoms with Crippen molar-refractivity contribution in [3.05, 3.63) is 53.9 Å². The van der Waals surface area contributed by atoms with Crippen molar-refractivity contribution in [3.8, 4) is 11.5 Å². The maximum atomic E-state index is 5.55. The molecule has 0 saturated carbocycles. The number of benzene rings is 1. The quantitative estimate of drug-likeness (QED) is 0.886. The molecule has 4 nitrogen and oxygen atoms in total. The van der Waals surface area contributed by atoms with Gasteiger partial charge in [0.05, 0.1) is 14.2 Å². The van der Waals surface area contributed by atoms with Crippen LogP contribution in [-0.4, -0.2) is 26.3 Å². The first-order valence-corrected chi connectivity index (χ1v) is 7.02. The predicted molar refractivity (Wildman–Crippen MR) is 84.0 cm³/mol. The number of hydrogen-bond acceptors (Lipinski definition) is 4. The van der Waals surface area contributed by atoms with Crippen molar-refractivity contribution < 1.29 is 9.47 Å². The summed E-state index contributed by atoms with van der Waals surface area (Å²) in [6.45, 7) is 2.16. The highest BCUT2D eigenvalue weighted by Gasteiger charge is 2.24. The summed E-state index contributed by atoms with van der Waals surface area (Å²) >= 11 is 0. The van der Waals surface area contributed by atoms with Crippen LogP contribution in [0.1, 0.15) is 30.1 Å². The summed E-state index contributed by atoms with van der Waals surface area (Å²) in [4.78, 5) is 4.46. The Morgan fingerprint density at radius 2 is 1.86 bits per heavy atom. The van der Waals surface area contributed by atoms with Crippen molar-refractivity contribution in [2.24, 2.45) is 0 Å². The number of aromatic nitrogens is 1. The highest BCUT2D eigenvalue weighted by Crippen LogP contribution is 2.39. The lowest BCUT2D eigenvalue weighted by Gasteiger charge is -2.26. The van der Waals surface area contributed by atoms with E-state index in [1.54, 1.807) is 14.2 Å². The lowest BCUT2D eigenvalue weighted by molar-refractivity contribution is 0.344. The standard InChI is InChI=1S/C17H22N2O2/c1-12(14-9-5-6-11-19-14)16(18-2)13-8-7-10-15(20-3)17(13)21-4/h5-12,16,18H,1-4H3. The minimum atomic E-state index is 0.0879. The molecule has 0 aliphatic heterocycles. The summed E-state index contributed by atoms with van der Waals surface area (Å²) in [5, 5.41) is 3.37. The van der Waals surface area contributed by atoms with Gasteiger partial charge in [-0.05, 0) is 25.2 Å². The van der Waals surface area contributed by atoms with Gasteiger partial charge in [0.15, 0.2) is 11.5 Å². The molecule has 1 aromatic carbocycles. The normalized spacial score (nSPS) is 13.5. The van der Waals surface area contributed by atoms with Crippen LogP contribution in [0.15, 0.2) is 42.6 Å². The molecule has 1 aromatic heterocycles. The molecule has 2 rings (SSSR count). The maximum Gasteiger partial charge on any atom is 0.165 e. The highest BCUT2D eigenvalue weighted by molar-refractivity contribution is 5.48. The molecule has 0 radical (unpaired) electrons. The average molecular weight is 286 g/mol. The van der Waals surface area contributed by atoms with Crippen LogP contribution in [-0.2, 0) is 0 Å². The van der Waals surface area contributed by atoms with Gasteiger partial charge in [0.25, 0.3) is 0 Å². The molecular formula is C17H22N2O2. The Balaban J connectivity index is 2.42. The van der Waals surface area contributed by atoms with Crippen LogP contribution in [0.2, 0.25) is 0 Å². The second-order valence-electron chi connectivity index (χ2n) is 4.89. The molecule has 2 aromatic rings. The Hall–Kier alpha value is -2.07. The molecule has 1 heterocycles. The lowest BCUT2D eigenvalue weighted by atomic mass is 9.90. The second-order valence-corrected chi connectivity index (χ2v) is 4.89. The van der Waals surface area contributed by atoms with Crippen LogP contribution in [0.4, 0.5) is 0 Å². The van der Waals surface area contributed by atoms with Crippen LogP contribution < -0.4 is 14.8 Å². The van der Waals surface area contributed by atoms with Gasteiger partial charge < -0.3 is 14.8 Å². The van der Waals surface area contributed by atoms with E-state index in [2.05, 4.69) is 23.3 Å². The molecule has 21 heavy (non-hydrogen) atoms. The van der Waals surface area contributed by atoms with E-state index in [9.17, 15) is 0 Å². The Kier molecular flexibility index (Phi) is 5.17. The third kappa shape index (κ3) is 3.16. The fourth-order valence-electron chi connectivity index (χ4n) is 2.65. The van der Waals surface area contributed by atoms with Crippen LogP contribution >= 0.6 is 0 Å². The second kappa shape index (κ2) is 7.09. The minimum absolute atomic E-state index is 0.0879. The van der Waals surface area contributed by atoms with Crippen molar-refractivity contribution in [2.75, 3.05) is 21.3 Å². The van der Waals surface area contributed by atoms with Gasteiger partial charge in [0.1, 0.15) is 0 Å². The minimum Gasteiger partial charge on any atom is -0.493 e. The molecule has 0 aliphatic carbocycles. The molecule has 0 amide bonds. The van der Waals surface area contributed by atoms with Crippen molar-refractivity contribution in [1.29, 1.82) is 0 Å². The summed E-state index contributed by atoms with van der Waals surface area (Å²) in [6, 6.07) is 12.0. The van der Waals surface area contributed by atoms with Gasteiger partial charge in [-0.1, -0.05) is 25.1 Å². The molecule has 1 N–H and O–H groups in total. The molecule has 0 spiro atoms. The Labute approximate surface area is 126 Å². The molecule has 0 aliphatic rings. The van der Waals surface area contributed by atoms with Gasteiger partial charge in [0, 0.05) is 29.4 Å². The number of ether oxygens (including phenoxy) is 2. The first-order valence-electron chi connectivity index (χ1n) is 7.02.